The van der Waals surface area contributed by atoms with E-state index in [-0.39, 0.29) is 29.4 Å². The predicted molar refractivity (Wildman–Crippen MR) is 105 cm³/mol. The maximum Gasteiger partial charge on any atom is 0.255 e. The summed E-state index contributed by atoms with van der Waals surface area (Å²) >= 11 is 0. The quantitative estimate of drug-likeness (QED) is 0.844. The number of carbonyl (C=O) groups is 2. The van der Waals surface area contributed by atoms with Crippen LogP contribution in [0.25, 0.3) is 0 Å². The highest BCUT2D eigenvalue weighted by Gasteiger charge is 2.29. The highest BCUT2D eigenvalue weighted by atomic mass is 32.2. The molecule has 3 rings (SSSR count). The van der Waals surface area contributed by atoms with E-state index >= 15 is 0 Å². The van der Waals surface area contributed by atoms with Gasteiger partial charge < -0.3 is 10.6 Å². The van der Waals surface area contributed by atoms with Crippen LogP contribution in [0.5, 0.6) is 0 Å². The van der Waals surface area contributed by atoms with Gasteiger partial charge >= 0.3 is 0 Å². The first-order valence-corrected chi connectivity index (χ1v) is 10.5. The number of sulfone groups is 1. The first kappa shape index (κ1) is 19.1. The van der Waals surface area contributed by atoms with Crippen molar-refractivity contribution in [2.45, 2.75) is 26.3 Å². The molecular formula is C20H22N2O4S. The molecule has 1 atom stereocenters. The predicted octanol–water partition coefficient (Wildman–Crippen LogP) is 2.47. The Morgan fingerprint density at radius 2 is 1.59 bits per heavy atom. The summed E-state index contributed by atoms with van der Waals surface area (Å²) in [6.07, 6.45) is 0.418. The van der Waals surface area contributed by atoms with Crippen LogP contribution in [0.1, 0.15) is 38.3 Å². The second-order valence-electron chi connectivity index (χ2n) is 6.98. The number of carbonyl (C=O) groups excluding carboxylic acids is 2. The maximum absolute atomic E-state index is 12.5. The minimum Gasteiger partial charge on any atom is -0.348 e. The molecule has 1 fully saturated rings. The van der Waals surface area contributed by atoms with Crippen LogP contribution in [0.15, 0.2) is 42.5 Å². The molecule has 0 radical (unpaired) electrons. The third-order valence-electron chi connectivity index (χ3n) is 4.43. The van der Waals surface area contributed by atoms with E-state index in [1.807, 2.05) is 32.0 Å². The molecule has 1 aliphatic heterocycles. The number of benzene rings is 2. The smallest absolute Gasteiger partial charge is 0.255 e. The lowest BCUT2D eigenvalue weighted by Gasteiger charge is -2.12. The van der Waals surface area contributed by atoms with E-state index in [4.69, 9.17) is 0 Å². The fourth-order valence-electron chi connectivity index (χ4n) is 3.23. The van der Waals surface area contributed by atoms with E-state index < -0.39 is 9.84 Å². The molecule has 0 bridgehead atoms. The van der Waals surface area contributed by atoms with Gasteiger partial charge in [0, 0.05) is 22.9 Å². The number of hydrogen-bond donors (Lipinski definition) is 2. The van der Waals surface area contributed by atoms with Crippen LogP contribution in [-0.4, -0.2) is 37.8 Å². The molecule has 0 aromatic heterocycles. The summed E-state index contributed by atoms with van der Waals surface area (Å²) in [5, 5.41) is 5.57. The summed E-state index contributed by atoms with van der Waals surface area (Å²) in [6, 6.07) is 11.8. The summed E-state index contributed by atoms with van der Waals surface area (Å²) in [5.41, 5.74) is 3.48. The van der Waals surface area contributed by atoms with Crippen molar-refractivity contribution in [3.63, 3.8) is 0 Å². The number of amides is 2. The molecule has 1 saturated heterocycles. The van der Waals surface area contributed by atoms with Gasteiger partial charge in [-0.15, -0.1) is 0 Å². The summed E-state index contributed by atoms with van der Waals surface area (Å²) < 4.78 is 23.0. The van der Waals surface area contributed by atoms with Crippen molar-refractivity contribution in [3.8, 4) is 0 Å². The van der Waals surface area contributed by atoms with Crippen LogP contribution in [0.3, 0.4) is 0 Å². The third-order valence-corrected chi connectivity index (χ3v) is 6.20. The van der Waals surface area contributed by atoms with E-state index in [0.29, 0.717) is 23.2 Å². The normalized spacial score (nSPS) is 18.1. The third kappa shape index (κ3) is 4.95. The van der Waals surface area contributed by atoms with Crippen LogP contribution in [-0.2, 0) is 9.84 Å². The summed E-state index contributed by atoms with van der Waals surface area (Å²) in [5.74, 6) is -0.627. The van der Waals surface area contributed by atoms with Crippen LogP contribution in [0.4, 0.5) is 5.69 Å². The highest BCUT2D eigenvalue weighted by Crippen LogP contribution is 2.16. The van der Waals surface area contributed by atoms with Gasteiger partial charge in [-0.1, -0.05) is 12.1 Å². The Bertz CT molecular complexity index is 979. The van der Waals surface area contributed by atoms with Gasteiger partial charge in [-0.25, -0.2) is 8.42 Å². The Morgan fingerprint density at radius 3 is 2.19 bits per heavy atom. The van der Waals surface area contributed by atoms with Crippen molar-refractivity contribution in [1.82, 2.24) is 5.32 Å². The lowest BCUT2D eigenvalue weighted by Crippen LogP contribution is -2.35. The molecule has 2 N–H and O–H groups in total. The van der Waals surface area contributed by atoms with Crippen LogP contribution < -0.4 is 10.6 Å². The molecule has 2 aromatic rings. The van der Waals surface area contributed by atoms with Gasteiger partial charge in [0.1, 0.15) is 0 Å². The molecule has 2 amide bonds. The van der Waals surface area contributed by atoms with Crippen molar-refractivity contribution in [3.05, 3.63) is 64.7 Å². The van der Waals surface area contributed by atoms with E-state index in [1.54, 1.807) is 18.2 Å². The van der Waals surface area contributed by atoms with Gasteiger partial charge in [-0.05, 0) is 61.7 Å². The van der Waals surface area contributed by atoms with Crippen molar-refractivity contribution < 1.29 is 18.0 Å². The first-order valence-electron chi connectivity index (χ1n) is 8.73. The SMILES string of the molecule is Cc1cc(C)cc(NC(=O)c2cccc(C(=O)NC3CCS(=O)(=O)C3)c2)c1. The average molecular weight is 386 g/mol. The second kappa shape index (κ2) is 7.52. The monoisotopic (exact) mass is 386 g/mol. The molecule has 1 aliphatic rings. The molecule has 1 heterocycles. The van der Waals surface area contributed by atoms with E-state index in [9.17, 15) is 18.0 Å². The number of nitrogens with one attached hydrogen (secondary N) is 2. The largest absolute Gasteiger partial charge is 0.348 e. The molecule has 6 nitrogen and oxygen atoms in total. The summed E-state index contributed by atoms with van der Waals surface area (Å²) in [7, 11) is -3.07. The minimum atomic E-state index is -3.07. The lowest BCUT2D eigenvalue weighted by molar-refractivity contribution is 0.0941. The van der Waals surface area contributed by atoms with Gasteiger partial charge in [0.25, 0.3) is 11.8 Å². The Hall–Kier alpha value is -2.67. The molecule has 142 valence electrons. The van der Waals surface area contributed by atoms with Gasteiger partial charge in [0.15, 0.2) is 9.84 Å². The van der Waals surface area contributed by atoms with Gasteiger partial charge in [-0.2, -0.15) is 0 Å². The van der Waals surface area contributed by atoms with E-state index in [2.05, 4.69) is 10.6 Å². The van der Waals surface area contributed by atoms with Crippen molar-refractivity contribution in [2.75, 3.05) is 16.8 Å². The highest BCUT2D eigenvalue weighted by molar-refractivity contribution is 7.91. The molecule has 0 spiro atoms. The van der Waals surface area contributed by atoms with E-state index in [1.165, 1.54) is 6.07 Å². The van der Waals surface area contributed by atoms with Gasteiger partial charge in [0.05, 0.1) is 11.5 Å². The van der Waals surface area contributed by atoms with Crippen LogP contribution in [0, 0.1) is 13.8 Å². The fraction of sp³-hybridized carbons (Fsp3) is 0.300. The Morgan fingerprint density at radius 1 is 0.963 bits per heavy atom. The number of hydrogen-bond acceptors (Lipinski definition) is 4. The van der Waals surface area contributed by atoms with Gasteiger partial charge in [0.2, 0.25) is 0 Å². The van der Waals surface area contributed by atoms with Crippen molar-refractivity contribution >= 4 is 27.3 Å². The maximum atomic E-state index is 12.5. The number of rotatable bonds is 4. The van der Waals surface area contributed by atoms with Crippen LogP contribution in [0.2, 0.25) is 0 Å². The van der Waals surface area contributed by atoms with Crippen molar-refractivity contribution in [2.24, 2.45) is 0 Å². The molecular weight excluding hydrogens is 364 g/mol. The molecule has 27 heavy (non-hydrogen) atoms. The lowest BCUT2D eigenvalue weighted by atomic mass is 10.1. The van der Waals surface area contributed by atoms with Gasteiger partial charge in [-0.3, -0.25) is 9.59 Å². The molecule has 7 heteroatoms. The first-order chi connectivity index (χ1) is 12.7. The zero-order valence-corrected chi connectivity index (χ0v) is 16.1. The molecule has 2 aromatic carbocycles. The Labute approximate surface area is 158 Å². The van der Waals surface area contributed by atoms with E-state index in [0.717, 1.165) is 11.1 Å². The Kier molecular flexibility index (Phi) is 5.32. The molecule has 0 saturated carbocycles. The molecule has 1 unspecified atom stereocenters. The van der Waals surface area contributed by atoms with Crippen molar-refractivity contribution in [1.29, 1.82) is 0 Å². The molecule has 0 aliphatic carbocycles. The minimum absolute atomic E-state index is 0.0361. The fourth-order valence-corrected chi connectivity index (χ4v) is 4.90. The standard InChI is InChI=1S/C20H22N2O4S/c1-13-8-14(2)10-18(9-13)22-20(24)16-5-3-4-15(11-16)19(23)21-17-6-7-27(25,26)12-17/h3-5,8-11,17H,6-7,12H2,1-2H3,(H,21,23)(H,22,24). The second-order valence-corrected chi connectivity index (χ2v) is 9.21. The zero-order chi connectivity index (χ0) is 19.6. The number of anilines is 1. The topological polar surface area (TPSA) is 92.3 Å². The average Bonchev–Trinajstić information content (AvgIpc) is 2.92. The zero-order valence-electron chi connectivity index (χ0n) is 15.3. The Balaban J connectivity index is 1.71. The summed E-state index contributed by atoms with van der Waals surface area (Å²) in [6.45, 7) is 3.91. The summed E-state index contributed by atoms with van der Waals surface area (Å²) in [4.78, 5) is 24.9. The number of aryl methyl sites for hydroxylation is 2. The van der Waals surface area contributed by atoms with Crippen LogP contribution >= 0.6 is 0 Å².